The van der Waals surface area contributed by atoms with Gasteiger partial charge in [-0.05, 0) is 31.4 Å². The first-order valence-corrected chi connectivity index (χ1v) is 6.80. The highest BCUT2D eigenvalue weighted by atomic mass is 16.6. The molecule has 0 aromatic carbocycles. The zero-order valence-electron chi connectivity index (χ0n) is 11.1. The number of aliphatic hydroxyl groups is 1. The van der Waals surface area contributed by atoms with Crippen LogP contribution in [0.2, 0.25) is 0 Å². The van der Waals surface area contributed by atoms with E-state index in [4.69, 9.17) is 4.74 Å². The van der Waals surface area contributed by atoms with Crippen molar-refractivity contribution in [2.75, 3.05) is 13.1 Å². The molecule has 0 radical (unpaired) electrons. The number of likely N-dealkylation sites (tertiary alicyclic amines) is 1. The van der Waals surface area contributed by atoms with Crippen molar-refractivity contribution in [3.63, 3.8) is 0 Å². The molecule has 0 aliphatic carbocycles. The minimum atomic E-state index is -1.29. The molecule has 0 spiro atoms. The molecule has 1 saturated heterocycles. The maximum absolute atomic E-state index is 12.0. The largest absolute Gasteiger partial charge is 0.414 e. The van der Waals surface area contributed by atoms with E-state index in [1.54, 1.807) is 34.0 Å². The smallest absolute Gasteiger partial charge is 0.412 e. The number of amides is 1. The quantitative estimate of drug-likeness (QED) is 0.851. The van der Waals surface area contributed by atoms with Crippen molar-refractivity contribution >= 4 is 11.6 Å². The number of carbonyl (C=O) groups excluding carboxylic acids is 1. The summed E-state index contributed by atoms with van der Waals surface area (Å²) >= 11 is 0. The molecule has 1 atom stereocenters. The molecule has 20 heavy (non-hydrogen) atoms. The second kappa shape index (κ2) is 5.50. The Hall–Kier alpha value is -2.08. The fraction of sp³-hybridized carbons (Fsp3) is 0.429. The minimum absolute atomic E-state index is 0.464. The van der Waals surface area contributed by atoms with Crippen LogP contribution >= 0.6 is 0 Å². The van der Waals surface area contributed by atoms with Crippen molar-refractivity contribution in [2.24, 2.45) is 0 Å². The second-order valence-corrected chi connectivity index (χ2v) is 4.92. The Morgan fingerprint density at radius 2 is 2.10 bits per heavy atom. The molecular formula is C14H17N3O3. The summed E-state index contributed by atoms with van der Waals surface area (Å²) in [5.74, 6) is 0. The number of nitrogens with zero attached hydrogens (tertiary/aromatic N) is 3. The first kappa shape index (κ1) is 12.9. The van der Waals surface area contributed by atoms with Gasteiger partial charge in [-0.3, -0.25) is 4.40 Å². The molecule has 1 unspecified atom stereocenters. The molecule has 0 bridgehead atoms. The topological polar surface area (TPSA) is 67.1 Å². The van der Waals surface area contributed by atoms with Gasteiger partial charge < -0.3 is 14.7 Å². The maximum atomic E-state index is 12.0. The third-order valence-electron chi connectivity index (χ3n) is 3.56. The van der Waals surface area contributed by atoms with E-state index in [-0.39, 0.29) is 0 Å². The standard InChI is InChI=1S/C14H17N3O3/c18-13(20-14(19)16-7-2-1-3-8-16)12-6-4-5-11-9-15-10-17(11)12/h4-6,9-10,13,18H,1-3,7-8H2. The summed E-state index contributed by atoms with van der Waals surface area (Å²) in [6.07, 6.45) is 4.63. The summed E-state index contributed by atoms with van der Waals surface area (Å²) in [5.41, 5.74) is 1.33. The summed E-state index contributed by atoms with van der Waals surface area (Å²) in [5, 5.41) is 10.1. The van der Waals surface area contributed by atoms with Crippen molar-refractivity contribution in [3.05, 3.63) is 36.4 Å². The number of imidazole rings is 1. The second-order valence-electron chi connectivity index (χ2n) is 4.92. The molecule has 106 valence electrons. The number of rotatable bonds is 2. The Labute approximate surface area is 116 Å². The lowest BCUT2D eigenvalue weighted by molar-refractivity contribution is -0.0714. The number of aliphatic hydroxyl groups excluding tert-OH is 1. The summed E-state index contributed by atoms with van der Waals surface area (Å²) in [7, 11) is 0. The lowest BCUT2D eigenvalue weighted by Gasteiger charge is -2.27. The SMILES string of the molecule is O=C(OC(O)c1cccc2cncn12)N1CCCCC1. The van der Waals surface area contributed by atoms with Gasteiger partial charge in [0.25, 0.3) is 0 Å². The van der Waals surface area contributed by atoms with Crippen molar-refractivity contribution in [1.82, 2.24) is 14.3 Å². The van der Waals surface area contributed by atoms with Gasteiger partial charge in [0.15, 0.2) is 0 Å². The molecule has 3 heterocycles. The van der Waals surface area contributed by atoms with E-state index < -0.39 is 12.4 Å². The van der Waals surface area contributed by atoms with Gasteiger partial charge in [0.2, 0.25) is 6.29 Å². The van der Waals surface area contributed by atoms with Crippen molar-refractivity contribution < 1.29 is 14.6 Å². The lowest BCUT2D eigenvalue weighted by atomic mass is 10.1. The number of pyridine rings is 1. The van der Waals surface area contributed by atoms with E-state index in [0.29, 0.717) is 18.8 Å². The lowest BCUT2D eigenvalue weighted by Crippen LogP contribution is -2.36. The van der Waals surface area contributed by atoms with Gasteiger partial charge >= 0.3 is 6.09 Å². The van der Waals surface area contributed by atoms with Crippen LogP contribution in [-0.4, -0.2) is 38.6 Å². The maximum Gasteiger partial charge on any atom is 0.412 e. The first-order valence-electron chi connectivity index (χ1n) is 6.80. The van der Waals surface area contributed by atoms with Gasteiger partial charge in [-0.15, -0.1) is 0 Å². The number of piperidine rings is 1. The number of hydrogen-bond acceptors (Lipinski definition) is 4. The Bertz CT molecular complexity index is 604. The predicted molar refractivity (Wildman–Crippen MR) is 72.1 cm³/mol. The normalized spacial score (nSPS) is 17.1. The van der Waals surface area contributed by atoms with Gasteiger partial charge in [0, 0.05) is 13.1 Å². The van der Waals surface area contributed by atoms with Gasteiger partial charge in [-0.25, -0.2) is 9.78 Å². The zero-order valence-corrected chi connectivity index (χ0v) is 11.1. The highest BCUT2D eigenvalue weighted by Crippen LogP contribution is 2.19. The monoisotopic (exact) mass is 275 g/mol. The predicted octanol–water partition coefficient (Wildman–Crippen LogP) is 1.95. The number of aromatic nitrogens is 2. The fourth-order valence-corrected chi connectivity index (χ4v) is 2.48. The van der Waals surface area contributed by atoms with Crippen LogP contribution in [0, 0.1) is 0 Å². The van der Waals surface area contributed by atoms with Crippen LogP contribution in [0.25, 0.3) is 5.52 Å². The number of fused-ring (bicyclic) bond motifs is 1. The van der Waals surface area contributed by atoms with E-state index >= 15 is 0 Å². The Morgan fingerprint density at radius 3 is 2.90 bits per heavy atom. The Morgan fingerprint density at radius 1 is 1.30 bits per heavy atom. The summed E-state index contributed by atoms with van der Waals surface area (Å²) in [4.78, 5) is 17.6. The average molecular weight is 275 g/mol. The van der Waals surface area contributed by atoms with Crippen LogP contribution in [0.3, 0.4) is 0 Å². The summed E-state index contributed by atoms with van der Waals surface area (Å²) in [6.45, 7) is 1.39. The van der Waals surface area contributed by atoms with Crippen LogP contribution in [0.4, 0.5) is 4.79 Å². The zero-order chi connectivity index (χ0) is 13.9. The van der Waals surface area contributed by atoms with E-state index in [1.165, 1.54) is 0 Å². The number of carbonyl (C=O) groups is 1. The molecule has 0 saturated carbocycles. The molecule has 1 fully saturated rings. The number of hydrogen-bond donors (Lipinski definition) is 1. The molecule has 6 nitrogen and oxygen atoms in total. The van der Waals surface area contributed by atoms with Crippen LogP contribution in [0.1, 0.15) is 31.2 Å². The van der Waals surface area contributed by atoms with Gasteiger partial charge in [0.05, 0.1) is 23.7 Å². The van der Waals surface area contributed by atoms with E-state index in [1.807, 2.05) is 6.07 Å². The van der Waals surface area contributed by atoms with E-state index in [0.717, 1.165) is 24.8 Å². The van der Waals surface area contributed by atoms with Crippen molar-refractivity contribution in [1.29, 1.82) is 0 Å². The molecule has 1 N–H and O–H groups in total. The molecular weight excluding hydrogens is 258 g/mol. The molecule has 1 aliphatic heterocycles. The highest BCUT2D eigenvalue weighted by molar-refractivity contribution is 5.68. The fourth-order valence-electron chi connectivity index (χ4n) is 2.48. The molecule has 6 heteroatoms. The van der Waals surface area contributed by atoms with Crippen molar-refractivity contribution in [2.45, 2.75) is 25.6 Å². The average Bonchev–Trinajstić information content (AvgIpc) is 2.96. The molecule has 1 amide bonds. The first-order chi connectivity index (χ1) is 9.75. The summed E-state index contributed by atoms with van der Waals surface area (Å²) < 4.78 is 6.85. The highest BCUT2D eigenvalue weighted by Gasteiger charge is 2.22. The molecule has 2 aromatic heterocycles. The van der Waals surface area contributed by atoms with Crippen molar-refractivity contribution in [3.8, 4) is 0 Å². The molecule has 2 aromatic rings. The van der Waals surface area contributed by atoms with E-state index in [9.17, 15) is 9.90 Å². The van der Waals surface area contributed by atoms with Gasteiger partial charge in [-0.1, -0.05) is 6.07 Å². The molecule has 3 rings (SSSR count). The Kier molecular flexibility index (Phi) is 3.56. The summed E-state index contributed by atoms with van der Waals surface area (Å²) in [6, 6.07) is 5.38. The third-order valence-corrected chi connectivity index (χ3v) is 3.56. The van der Waals surface area contributed by atoms with Gasteiger partial charge in [0.1, 0.15) is 0 Å². The van der Waals surface area contributed by atoms with E-state index in [2.05, 4.69) is 4.98 Å². The van der Waals surface area contributed by atoms with Crippen LogP contribution < -0.4 is 0 Å². The third kappa shape index (κ3) is 2.46. The molecule has 1 aliphatic rings. The van der Waals surface area contributed by atoms with Gasteiger partial charge in [-0.2, -0.15) is 0 Å². The van der Waals surface area contributed by atoms with Crippen LogP contribution in [0.5, 0.6) is 0 Å². The number of ether oxygens (including phenoxy) is 1. The Balaban J connectivity index is 1.73. The van der Waals surface area contributed by atoms with Crippen LogP contribution in [-0.2, 0) is 4.74 Å². The van der Waals surface area contributed by atoms with Crippen LogP contribution in [0.15, 0.2) is 30.7 Å². The minimum Gasteiger partial charge on any atom is -0.414 e.